The van der Waals surface area contributed by atoms with Crippen molar-refractivity contribution in [1.82, 2.24) is 0 Å². The van der Waals surface area contributed by atoms with E-state index in [0.717, 1.165) is 57.1 Å². The molecule has 2 aliphatic rings. The Hall–Kier alpha value is -5.60. The van der Waals surface area contributed by atoms with Gasteiger partial charge in [-0.25, -0.2) is 0 Å². The van der Waals surface area contributed by atoms with E-state index in [4.69, 9.17) is 11.0 Å². The Morgan fingerprint density at radius 2 is 0.935 bits per heavy atom. The molecule has 218 valence electrons. The minimum Gasteiger partial charge on any atom is -0.340 e. The molecule has 0 amide bonds. The van der Waals surface area contributed by atoms with Crippen LogP contribution >= 0.6 is 0 Å². The van der Waals surface area contributed by atoms with Crippen molar-refractivity contribution in [3.8, 4) is 22.3 Å². The Kier molecular flexibility index (Phi) is 3.85. The van der Waals surface area contributed by atoms with Gasteiger partial charge in [-0.1, -0.05) is 121 Å². The van der Waals surface area contributed by atoms with Gasteiger partial charge in [0.1, 0.15) is 0 Å². The van der Waals surface area contributed by atoms with Gasteiger partial charge in [-0.2, -0.15) is 0 Å². The van der Waals surface area contributed by atoms with Crippen LogP contribution in [-0.4, -0.2) is 13.1 Å². The number of anilines is 4. The number of rotatable bonds is 4. The lowest BCUT2D eigenvalue weighted by atomic mass is 9.85. The van der Waals surface area contributed by atoms with Gasteiger partial charge in [0.25, 0.3) is 0 Å². The van der Waals surface area contributed by atoms with Crippen LogP contribution < -0.4 is 9.80 Å². The molecule has 8 aromatic rings. The van der Waals surface area contributed by atoms with Gasteiger partial charge in [-0.05, 0) is 81.3 Å². The first-order valence-electron chi connectivity index (χ1n) is 20.6. The molecule has 2 aliphatic heterocycles. The number of fused-ring (bicyclic) bond motifs is 2. The highest BCUT2D eigenvalue weighted by atomic mass is 15.2. The highest BCUT2D eigenvalue weighted by Gasteiger charge is 2.28. The van der Waals surface area contributed by atoms with Gasteiger partial charge in [0.2, 0.25) is 0 Å². The summed E-state index contributed by atoms with van der Waals surface area (Å²) in [5, 5.41) is 4.73. The molecular formula is C44H32N2. The molecule has 46 heavy (non-hydrogen) atoms. The molecule has 0 bridgehead atoms. The van der Waals surface area contributed by atoms with E-state index in [0.29, 0.717) is 35.0 Å². The quantitative estimate of drug-likeness (QED) is 0.186. The average Bonchev–Trinajstić information content (AvgIpc) is 3.85. The molecule has 2 heteroatoms. The molecule has 0 saturated carbocycles. The maximum absolute atomic E-state index is 9.18. The zero-order chi connectivity index (χ0) is 38.9. The number of nitrogens with zero attached hydrogens (tertiary/aromatic N) is 2. The van der Waals surface area contributed by atoms with E-state index in [9.17, 15) is 2.74 Å². The molecule has 0 N–H and O–H groups in total. The zero-order valence-corrected chi connectivity index (χ0v) is 24.8. The monoisotopic (exact) mass is 598 g/mol. The molecule has 0 spiro atoms. The van der Waals surface area contributed by atoms with Gasteiger partial charge in [-0.3, -0.25) is 0 Å². The number of para-hydroxylation sites is 2. The maximum atomic E-state index is 9.18. The highest BCUT2D eigenvalue weighted by molar-refractivity contribution is 6.32. The van der Waals surface area contributed by atoms with Crippen molar-refractivity contribution >= 4 is 55.1 Å². The largest absolute Gasteiger partial charge is 0.340 e. The second kappa shape index (κ2) is 9.95. The summed E-state index contributed by atoms with van der Waals surface area (Å²) < 4.78 is 87.4. The van der Waals surface area contributed by atoms with Crippen LogP contribution in [0.4, 0.5) is 22.7 Å². The normalized spacial score (nSPS) is 17.1. The van der Waals surface area contributed by atoms with Crippen LogP contribution in [0.2, 0.25) is 0 Å². The van der Waals surface area contributed by atoms with Crippen molar-refractivity contribution in [3.63, 3.8) is 0 Å². The third-order valence-electron chi connectivity index (χ3n) is 9.75. The Balaban J connectivity index is 1.41. The molecule has 0 atom stereocenters. The van der Waals surface area contributed by atoms with Crippen molar-refractivity contribution in [3.05, 3.63) is 156 Å². The summed E-state index contributed by atoms with van der Waals surface area (Å²) in [5.41, 5.74) is 7.31. The second-order valence-corrected chi connectivity index (χ2v) is 12.0. The number of benzene rings is 8. The molecule has 2 nitrogen and oxygen atoms in total. The van der Waals surface area contributed by atoms with Crippen molar-refractivity contribution in [2.24, 2.45) is 0 Å². The summed E-state index contributed by atoms with van der Waals surface area (Å²) in [4.78, 5) is 4.49. The number of hydrogen-bond donors (Lipinski definition) is 0. The minimum atomic E-state index is -0.465. The smallest absolute Gasteiger partial charge is 0.0629 e. The standard InChI is InChI=1S/C44H32N2/c1-3-11-29(12-4-1)33-19-21-35-42(46-26-24-32-16-8-10-18-40(32)46)28-38-37(30-13-5-2-6-14-30)27-41(36-22-20-34(33)43(35)44(36)38)45-25-23-31-15-7-9-17-39(31)45/h1-22,27-28H,23-26H2/i1D,2D,3D,4D,5D,6D,11D,12D,13D,14D. The highest BCUT2D eigenvalue weighted by Crippen LogP contribution is 2.51. The Labute approximate surface area is 283 Å². The molecular weight excluding hydrogens is 556 g/mol. The van der Waals surface area contributed by atoms with Crippen molar-refractivity contribution in [1.29, 1.82) is 0 Å². The second-order valence-electron chi connectivity index (χ2n) is 12.0. The van der Waals surface area contributed by atoms with Gasteiger partial charge >= 0.3 is 0 Å². The van der Waals surface area contributed by atoms with E-state index in [2.05, 4.69) is 40.1 Å². The Morgan fingerprint density at radius 1 is 0.435 bits per heavy atom. The van der Waals surface area contributed by atoms with Gasteiger partial charge < -0.3 is 9.80 Å². The van der Waals surface area contributed by atoms with E-state index < -0.39 is 36.3 Å². The third kappa shape index (κ3) is 3.71. The summed E-state index contributed by atoms with van der Waals surface area (Å²) in [7, 11) is 0. The van der Waals surface area contributed by atoms with Crippen LogP contribution in [0.15, 0.2) is 145 Å². The fourth-order valence-corrected chi connectivity index (χ4v) is 7.76. The lowest BCUT2D eigenvalue weighted by molar-refractivity contribution is 1.00. The summed E-state index contributed by atoms with van der Waals surface area (Å²) in [6, 6.07) is 24.5. The van der Waals surface area contributed by atoms with E-state index >= 15 is 0 Å². The molecule has 0 aliphatic carbocycles. The van der Waals surface area contributed by atoms with Crippen LogP contribution in [0, 0.1) is 0 Å². The summed E-state index contributed by atoms with van der Waals surface area (Å²) in [6.45, 7) is 1.36. The van der Waals surface area contributed by atoms with Gasteiger partial charge in [0, 0.05) is 57.4 Å². The minimum absolute atomic E-state index is 0.0984. The molecule has 0 unspecified atom stereocenters. The van der Waals surface area contributed by atoms with Crippen LogP contribution in [0.3, 0.4) is 0 Å². The maximum Gasteiger partial charge on any atom is 0.0629 e. The summed E-state index contributed by atoms with van der Waals surface area (Å²) in [5.74, 6) is 0. The predicted octanol–water partition coefficient (Wildman–Crippen LogP) is 11.3. The van der Waals surface area contributed by atoms with E-state index in [-0.39, 0.29) is 35.3 Å². The molecule has 0 saturated heterocycles. The topological polar surface area (TPSA) is 6.48 Å². The van der Waals surface area contributed by atoms with E-state index in [1.54, 1.807) is 0 Å². The first-order chi connectivity index (χ1) is 27.0. The van der Waals surface area contributed by atoms with Crippen molar-refractivity contribution in [2.45, 2.75) is 12.8 Å². The van der Waals surface area contributed by atoms with Crippen LogP contribution in [0.25, 0.3) is 54.6 Å². The molecule has 0 fully saturated rings. The molecule has 10 rings (SSSR count). The first kappa shape index (κ1) is 17.8. The summed E-state index contributed by atoms with van der Waals surface area (Å²) >= 11 is 0. The SMILES string of the molecule is [2H]c1c([2H])c([2H])c(-c2ccc3c(N4CCc5ccccc54)cc4c(-c5c([2H])c([2H])c([2H])c([2H])c5[2H])cc(N5CCc6ccccc65)c5ccc2c3c45)c([2H])c1[2H]. The predicted molar refractivity (Wildman–Crippen MR) is 195 cm³/mol. The van der Waals surface area contributed by atoms with Gasteiger partial charge in [-0.15, -0.1) is 0 Å². The van der Waals surface area contributed by atoms with Crippen molar-refractivity contribution in [2.75, 3.05) is 22.9 Å². The van der Waals surface area contributed by atoms with Crippen LogP contribution in [0.5, 0.6) is 0 Å². The Bertz CT molecular complexity index is 2950. The Morgan fingerprint density at radius 3 is 1.57 bits per heavy atom. The average molecular weight is 599 g/mol. The van der Waals surface area contributed by atoms with E-state index in [1.165, 1.54) is 11.1 Å². The molecule has 0 aromatic heterocycles. The lowest BCUT2D eigenvalue weighted by Crippen LogP contribution is -2.15. The molecule has 2 heterocycles. The first-order valence-corrected chi connectivity index (χ1v) is 15.6. The fourth-order valence-electron chi connectivity index (χ4n) is 7.76. The van der Waals surface area contributed by atoms with Gasteiger partial charge in [0.15, 0.2) is 0 Å². The van der Waals surface area contributed by atoms with Crippen LogP contribution in [-0.2, 0) is 12.8 Å². The number of hydrogen-bond acceptors (Lipinski definition) is 2. The van der Waals surface area contributed by atoms with Crippen molar-refractivity contribution < 1.29 is 13.7 Å². The van der Waals surface area contributed by atoms with Gasteiger partial charge in [0.05, 0.1) is 13.7 Å². The summed E-state index contributed by atoms with van der Waals surface area (Å²) in [6.07, 6.45) is 1.62. The molecule has 8 aromatic carbocycles. The zero-order valence-electron chi connectivity index (χ0n) is 34.8. The van der Waals surface area contributed by atoms with Crippen LogP contribution in [0.1, 0.15) is 24.8 Å². The lowest BCUT2D eigenvalue weighted by Gasteiger charge is -2.28. The third-order valence-corrected chi connectivity index (χ3v) is 9.75. The van der Waals surface area contributed by atoms with E-state index in [1.807, 2.05) is 54.6 Å². The fraction of sp³-hybridized carbons (Fsp3) is 0.0909. The molecule has 0 radical (unpaired) electrons.